The van der Waals surface area contributed by atoms with Crippen LogP contribution in [0, 0.1) is 0 Å². The maximum atomic E-state index is 6.12. The molecule has 14 heavy (non-hydrogen) atoms. The number of benzene rings is 1. The van der Waals surface area contributed by atoms with E-state index in [1.807, 2.05) is 23.9 Å². The molecule has 0 saturated heterocycles. The number of fused-ring (bicyclic) bond motifs is 1. The van der Waals surface area contributed by atoms with Gasteiger partial charge in [-0.3, -0.25) is 0 Å². The molecule has 1 aliphatic rings. The Morgan fingerprint density at radius 2 is 2.36 bits per heavy atom. The Labute approximate surface area is 92.3 Å². The molecule has 1 aromatic carbocycles. The molecule has 0 aliphatic carbocycles. The van der Waals surface area contributed by atoms with Gasteiger partial charge in [-0.2, -0.15) is 0 Å². The van der Waals surface area contributed by atoms with Crippen LogP contribution in [0.2, 0.25) is 5.02 Å². The molecule has 1 aromatic rings. The van der Waals surface area contributed by atoms with E-state index in [0.29, 0.717) is 0 Å². The first-order chi connectivity index (χ1) is 6.83. The van der Waals surface area contributed by atoms with Crippen molar-refractivity contribution in [3.63, 3.8) is 0 Å². The number of rotatable bonds is 1. The van der Waals surface area contributed by atoms with E-state index in [2.05, 4.69) is 11.2 Å². The third-order valence-corrected chi connectivity index (χ3v) is 3.44. The largest absolute Gasteiger partial charge is 0.399 e. The van der Waals surface area contributed by atoms with Crippen molar-refractivity contribution in [3.05, 3.63) is 28.8 Å². The SMILES string of the molecule is CON=C1CCSc2cccc(Cl)c21. The summed E-state index contributed by atoms with van der Waals surface area (Å²) in [4.78, 5) is 6.01. The first-order valence-electron chi connectivity index (χ1n) is 4.34. The van der Waals surface area contributed by atoms with Crippen LogP contribution in [-0.2, 0) is 4.84 Å². The van der Waals surface area contributed by atoms with Crippen LogP contribution in [0.3, 0.4) is 0 Å². The molecule has 1 heterocycles. The first-order valence-corrected chi connectivity index (χ1v) is 5.71. The normalized spacial score (nSPS) is 18.0. The summed E-state index contributed by atoms with van der Waals surface area (Å²) in [6.07, 6.45) is 0.912. The van der Waals surface area contributed by atoms with Gasteiger partial charge in [0.2, 0.25) is 0 Å². The van der Waals surface area contributed by atoms with Crippen molar-refractivity contribution < 1.29 is 4.84 Å². The van der Waals surface area contributed by atoms with E-state index in [9.17, 15) is 0 Å². The highest BCUT2D eigenvalue weighted by Gasteiger charge is 2.19. The van der Waals surface area contributed by atoms with E-state index in [1.54, 1.807) is 7.11 Å². The number of hydrogen-bond acceptors (Lipinski definition) is 3. The molecule has 0 amide bonds. The molecule has 0 saturated carbocycles. The van der Waals surface area contributed by atoms with Crippen LogP contribution in [0.5, 0.6) is 0 Å². The molecule has 0 aromatic heterocycles. The van der Waals surface area contributed by atoms with E-state index >= 15 is 0 Å². The molecular formula is C10H10ClNOS. The van der Waals surface area contributed by atoms with Crippen molar-refractivity contribution in [3.8, 4) is 0 Å². The number of hydrogen-bond donors (Lipinski definition) is 0. The minimum Gasteiger partial charge on any atom is -0.399 e. The van der Waals surface area contributed by atoms with Crippen LogP contribution in [0.15, 0.2) is 28.3 Å². The molecule has 4 heteroatoms. The molecule has 0 N–H and O–H groups in total. The maximum Gasteiger partial charge on any atom is 0.106 e. The summed E-state index contributed by atoms with van der Waals surface area (Å²) in [5, 5.41) is 4.76. The summed E-state index contributed by atoms with van der Waals surface area (Å²) in [7, 11) is 1.56. The predicted octanol–water partition coefficient (Wildman–Crippen LogP) is 3.19. The molecule has 0 radical (unpaired) electrons. The van der Waals surface area contributed by atoms with Crippen molar-refractivity contribution in [2.45, 2.75) is 11.3 Å². The zero-order chi connectivity index (χ0) is 9.97. The minimum absolute atomic E-state index is 0.755. The number of thioether (sulfide) groups is 1. The maximum absolute atomic E-state index is 6.12. The zero-order valence-corrected chi connectivity index (χ0v) is 9.36. The molecular weight excluding hydrogens is 218 g/mol. The van der Waals surface area contributed by atoms with Gasteiger partial charge in [0.1, 0.15) is 7.11 Å². The molecule has 0 spiro atoms. The second-order valence-electron chi connectivity index (χ2n) is 2.93. The van der Waals surface area contributed by atoms with Gasteiger partial charge in [0.05, 0.1) is 10.7 Å². The van der Waals surface area contributed by atoms with Crippen molar-refractivity contribution in [1.82, 2.24) is 0 Å². The predicted molar refractivity (Wildman–Crippen MR) is 60.3 cm³/mol. The average molecular weight is 228 g/mol. The second kappa shape index (κ2) is 4.24. The molecule has 2 rings (SSSR count). The first kappa shape index (κ1) is 9.87. The van der Waals surface area contributed by atoms with Gasteiger partial charge >= 0.3 is 0 Å². The Morgan fingerprint density at radius 3 is 3.14 bits per heavy atom. The molecule has 0 bridgehead atoms. The molecule has 74 valence electrons. The van der Waals surface area contributed by atoms with Crippen LogP contribution in [-0.4, -0.2) is 18.6 Å². The van der Waals surface area contributed by atoms with Gasteiger partial charge in [0.25, 0.3) is 0 Å². The molecule has 0 unspecified atom stereocenters. The summed E-state index contributed by atoms with van der Waals surface area (Å²) >= 11 is 7.93. The Kier molecular flexibility index (Phi) is 2.99. The van der Waals surface area contributed by atoms with Crippen LogP contribution in [0.4, 0.5) is 0 Å². The Morgan fingerprint density at radius 1 is 1.50 bits per heavy atom. The van der Waals surface area contributed by atoms with E-state index in [0.717, 1.165) is 28.5 Å². The van der Waals surface area contributed by atoms with Crippen LogP contribution >= 0.6 is 23.4 Å². The molecule has 2 nitrogen and oxygen atoms in total. The lowest BCUT2D eigenvalue weighted by Crippen LogP contribution is -2.10. The number of halogens is 1. The third kappa shape index (κ3) is 1.74. The summed E-state index contributed by atoms with van der Waals surface area (Å²) in [5.74, 6) is 1.04. The highest BCUT2D eigenvalue weighted by atomic mass is 35.5. The third-order valence-electron chi connectivity index (χ3n) is 2.06. The lowest BCUT2D eigenvalue weighted by atomic mass is 10.1. The second-order valence-corrected chi connectivity index (χ2v) is 4.48. The average Bonchev–Trinajstić information content (AvgIpc) is 2.19. The summed E-state index contributed by atoms with van der Waals surface area (Å²) in [5.41, 5.74) is 1.99. The molecule has 0 fully saturated rings. The monoisotopic (exact) mass is 227 g/mol. The quantitative estimate of drug-likeness (QED) is 0.688. The van der Waals surface area contributed by atoms with Crippen LogP contribution in [0.25, 0.3) is 0 Å². The van der Waals surface area contributed by atoms with Crippen molar-refractivity contribution in [2.24, 2.45) is 5.16 Å². The van der Waals surface area contributed by atoms with E-state index in [4.69, 9.17) is 16.4 Å². The smallest absolute Gasteiger partial charge is 0.106 e. The van der Waals surface area contributed by atoms with Gasteiger partial charge in [-0.15, -0.1) is 11.8 Å². The minimum atomic E-state index is 0.755. The van der Waals surface area contributed by atoms with Gasteiger partial charge in [0.15, 0.2) is 0 Å². The highest BCUT2D eigenvalue weighted by molar-refractivity contribution is 7.99. The van der Waals surface area contributed by atoms with Crippen molar-refractivity contribution in [1.29, 1.82) is 0 Å². The van der Waals surface area contributed by atoms with E-state index in [1.165, 1.54) is 4.90 Å². The fourth-order valence-corrected chi connectivity index (χ4v) is 2.89. The van der Waals surface area contributed by atoms with Gasteiger partial charge in [-0.1, -0.05) is 22.8 Å². The van der Waals surface area contributed by atoms with Crippen LogP contribution in [0.1, 0.15) is 12.0 Å². The highest BCUT2D eigenvalue weighted by Crippen LogP contribution is 2.34. The Balaban J connectivity index is 2.52. The summed E-state index contributed by atoms with van der Waals surface area (Å²) in [6.45, 7) is 0. The summed E-state index contributed by atoms with van der Waals surface area (Å²) < 4.78 is 0. The lowest BCUT2D eigenvalue weighted by molar-refractivity contribution is 0.213. The summed E-state index contributed by atoms with van der Waals surface area (Å²) in [6, 6.07) is 5.91. The van der Waals surface area contributed by atoms with Gasteiger partial charge in [-0.25, -0.2) is 0 Å². The fourth-order valence-electron chi connectivity index (χ4n) is 1.49. The Bertz CT molecular complexity index is 378. The lowest BCUT2D eigenvalue weighted by Gasteiger charge is -2.17. The van der Waals surface area contributed by atoms with E-state index in [-0.39, 0.29) is 0 Å². The van der Waals surface area contributed by atoms with Gasteiger partial charge in [0, 0.05) is 22.6 Å². The Hall–Kier alpha value is -0.670. The topological polar surface area (TPSA) is 21.6 Å². The zero-order valence-electron chi connectivity index (χ0n) is 7.79. The van der Waals surface area contributed by atoms with Crippen LogP contribution < -0.4 is 0 Å². The molecule has 1 aliphatic heterocycles. The fraction of sp³-hybridized carbons (Fsp3) is 0.300. The molecule has 0 atom stereocenters. The van der Waals surface area contributed by atoms with Gasteiger partial charge < -0.3 is 4.84 Å². The number of oxime groups is 1. The van der Waals surface area contributed by atoms with E-state index < -0.39 is 0 Å². The standard InChI is InChI=1S/C10H10ClNOS/c1-13-12-8-5-6-14-9-4-2-3-7(11)10(8)9/h2-4H,5-6H2,1H3. The number of nitrogens with zero attached hydrogens (tertiary/aromatic N) is 1. The van der Waals surface area contributed by atoms with Crippen molar-refractivity contribution in [2.75, 3.05) is 12.9 Å². The van der Waals surface area contributed by atoms with Gasteiger partial charge in [-0.05, 0) is 12.1 Å². The van der Waals surface area contributed by atoms with Crippen molar-refractivity contribution >= 4 is 29.1 Å².